The molecule has 0 aliphatic rings. The first-order chi connectivity index (χ1) is 13.5. The predicted molar refractivity (Wildman–Crippen MR) is 113 cm³/mol. The number of nitrogens with one attached hydrogen (secondary N) is 2. The van der Waals surface area contributed by atoms with Crippen molar-refractivity contribution >= 4 is 17.7 Å². The molecular weight excluding hydrogens is 370 g/mol. The molecule has 0 bridgehead atoms. The fraction of sp³-hybridized carbons (Fsp3) is 0.273. The molecule has 0 saturated carbocycles. The van der Waals surface area contributed by atoms with Gasteiger partial charge in [-0.05, 0) is 37.1 Å². The minimum atomic E-state index is -0.242. The second-order valence-electron chi connectivity index (χ2n) is 6.60. The van der Waals surface area contributed by atoms with Gasteiger partial charge in [-0.15, -0.1) is 0 Å². The van der Waals surface area contributed by atoms with Crippen LogP contribution in [0.4, 0.5) is 0 Å². The van der Waals surface area contributed by atoms with Gasteiger partial charge in [0.05, 0.1) is 18.1 Å². The molecule has 0 fully saturated rings. The largest absolute Gasteiger partial charge is 0.497 e. The summed E-state index contributed by atoms with van der Waals surface area (Å²) in [5.74, 6) is 0.790. The highest BCUT2D eigenvalue weighted by Crippen LogP contribution is 2.23. The zero-order chi connectivity index (χ0) is 19.9. The Morgan fingerprint density at radius 2 is 1.86 bits per heavy atom. The minimum Gasteiger partial charge on any atom is -0.497 e. The molecule has 146 valence electrons. The molecule has 1 amide bonds. The lowest BCUT2D eigenvalue weighted by Gasteiger charge is -2.11. The molecule has 2 N–H and O–H groups in total. The van der Waals surface area contributed by atoms with Crippen LogP contribution in [0.2, 0.25) is 0 Å². The Hall–Kier alpha value is -2.73. The van der Waals surface area contributed by atoms with Gasteiger partial charge < -0.3 is 15.0 Å². The Morgan fingerprint density at radius 3 is 2.54 bits per heavy atom. The molecule has 1 atom stereocenters. The number of carbonyl (C=O) groups is 1. The third-order valence-corrected chi connectivity index (χ3v) is 5.45. The maximum Gasteiger partial charge on any atom is 0.233 e. The SMILES string of the molecule is COc1ccc(CNC(=O)[C@@H](C)Sc2nc(Cc3ccccc3)c(C)[nH]2)cc1. The predicted octanol–water partition coefficient (Wildman–Crippen LogP) is 4.11. The van der Waals surface area contributed by atoms with Gasteiger partial charge in [-0.25, -0.2) is 4.98 Å². The molecule has 3 aromatic rings. The average Bonchev–Trinajstić information content (AvgIpc) is 3.05. The van der Waals surface area contributed by atoms with Crippen LogP contribution >= 0.6 is 11.8 Å². The number of hydrogen-bond donors (Lipinski definition) is 2. The number of nitrogens with zero attached hydrogens (tertiary/aromatic N) is 1. The quantitative estimate of drug-likeness (QED) is 0.563. The molecule has 1 aromatic heterocycles. The van der Waals surface area contributed by atoms with Crippen molar-refractivity contribution in [1.82, 2.24) is 15.3 Å². The lowest BCUT2D eigenvalue weighted by atomic mass is 10.1. The van der Waals surface area contributed by atoms with E-state index in [9.17, 15) is 4.79 Å². The monoisotopic (exact) mass is 395 g/mol. The lowest BCUT2D eigenvalue weighted by molar-refractivity contribution is -0.120. The van der Waals surface area contributed by atoms with E-state index in [1.165, 1.54) is 17.3 Å². The maximum absolute atomic E-state index is 12.4. The van der Waals surface area contributed by atoms with E-state index in [2.05, 4.69) is 27.4 Å². The highest BCUT2D eigenvalue weighted by Gasteiger charge is 2.17. The van der Waals surface area contributed by atoms with Gasteiger partial charge in [-0.3, -0.25) is 4.79 Å². The second-order valence-corrected chi connectivity index (χ2v) is 7.93. The van der Waals surface area contributed by atoms with E-state index in [1.807, 2.05) is 56.3 Å². The number of H-pyrrole nitrogens is 1. The Kier molecular flexibility index (Phi) is 6.76. The molecule has 1 heterocycles. The topological polar surface area (TPSA) is 67.0 Å². The fourth-order valence-electron chi connectivity index (χ4n) is 2.78. The lowest BCUT2D eigenvalue weighted by Crippen LogP contribution is -2.30. The zero-order valence-electron chi connectivity index (χ0n) is 16.4. The van der Waals surface area contributed by atoms with Gasteiger partial charge in [0.15, 0.2) is 5.16 Å². The fourth-order valence-corrected chi connectivity index (χ4v) is 3.68. The first kappa shape index (κ1) is 20.0. The van der Waals surface area contributed by atoms with Gasteiger partial charge in [-0.2, -0.15) is 0 Å². The Bertz CT molecular complexity index is 907. The minimum absolute atomic E-state index is 0.0144. The Balaban J connectivity index is 1.54. The summed E-state index contributed by atoms with van der Waals surface area (Å²) < 4.78 is 5.15. The molecule has 0 spiro atoms. The van der Waals surface area contributed by atoms with Crippen molar-refractivity contribution in [2.45, 2.75) is 37.2 Å². The van der Waals surface area contributed by atoms with Crippen molar-refractivity contribution in [1.29, 1.82) is 0 Å². The summed E-state index contributed by atoms with van der Waals surface area (Å²) in [5.41, 5.74) is 4.31. The molecule has 0 aliphatic heterocycles. The number of aromatic amines is 1. The van der Waals surface area contributed by atoms with E-state index in [1.54, 1.807) is 7.11 Å². The number of benzene rings is 2. The maximum atomic E-state index is 12.4. The number of amides is 1. The summed E-state index contributed by atoms with van der Waals surface area (Å²) in [5, 5.41) is 3.51. The van der Waals surface area contributed by atoms with Crippen LogP contribution in [-0.2, 0) is 17.8 Å². The standard InChI is InChI=1S/C22H25N3O2S/c1-15-20(13-17-7-5-4-6-8-17)25-22(24-15)28-16(2)21(26)23-14-18-9-11-19(27-3)12-10-18/h4-12,16H,13-14H2,1-3H3,(H,23,26)(H,24,25)/t16-/m1/s1. The number of thioether (sulfide) groups is 1. The van der Waals surface area contributed by atoms with Crippen LogP contribution in [0.1, 0.15) is 29.4 Å². The first-order valence-corrected chi connectivity index (χ1v) is 10.1. The Morgan fingerprint density at radius 1 is 1.14 bits per heavy atom. The molecule has 0 saturated heterocycles. The number of imidazole rings is 1. The summed E-state index contributed by atoms with van der Waals surface area (Å²) in [6, 6.07) is 17.9. The van der Waals surface area contributed by atoms with Crippen molar-refractivity contribution in [3.8, 4) is 5.75 Å². The second kappa shape index (κ2) is 9.46. The van der Waals surface area contributed by atoms with Gasteiger partial charge in [0.25, 0.3) is 0 Å². The van der Waals surface area contributed by atoms with Crippen LogP contribution in [-0.4, -0.2) is 28.2 Å². The van der Waals surface area contributed by atoms with Crippen molar-refractivity contribution in [3.05, 3.63) is 77.1 Å². The first-order valence-electron chi connectivity index (χ1n) is 9.22. The third kappa shape index (κ3) is 5.39. The van der Waals surface area contributed by atoms with Gasteiger partial charge in [0.2, 0.25) is 5.91 Å². The van der Waals surface area contributed by atoms with Gasteiger partial charge >= 0.3 is 0 Å². The van der Waals surface area contributed by atoms with E-state index in [0.29, 0.717) is 6.54 Å². The van der Waals surface area contributed by atoms with Crippen LogP contribution in [0.3, 0.4) is 0 Å². The number of methoxy groups -OCH3 is 1. The molecule has 3 rings (SSSR count). The van der Waals surface area contributed by atoms with E-state index in [-0.39, 0.29) is 11.2 Å². The number of aromatic nitrogens is 2. The van der Waals surface area contributed by atoms with Crippen LogP contribution in [0.25, 0.3) is 0 Å². The van der Waals surface area contributed by atoms with Gasteiger partial charge in [0, 0.05) is 18.7 Å². The van der Waals surface area contributed by atoms with E-state index in [4.69, 9.17) is 4.74 Å². The van der Waals surface area contributed by atoms with E-state index < -0.39 is 0 Å². The highest BCUT2D eigenvalue weighted by atomic mass is 32.2. The smallest absolute Gasteiger partial charge is 0.233 e. The van der Waals surface area contributed by atoms with Crippen LogP contribution < -0.4 is 10.1 Å². The van der Waals surface area contributed by atoms with Gasteiger partial charge in [-0.1, -0.05) is 54.2 Å². The molecule has 5 nitrogen and oxygen atoms in total. The van der Waals surface area contributed by atoms with E-state index in [0.717, 1.165) is 34.3 Å². The van der Waals surface area contributed by atoms with Crippen molar-refractivity contribution < 1.29 is 9.53 Å². The summed E-state index contributed by atoms with van der Waals surface area (Å²) >= 11 is 1.44. The van der Waals surface area contributed by atoms with Crippen molar-refractivity contribution in [2.24, 2.45) is 0 Å². The number of hydrogen-bond acceptors (Lipinski definition) is 4. The third-order valence-electron chi connectivity index (χ3n) is 4.46. The normalized spacial score (nSPS) is 11.8. The molecule has 6 heteroatoms. The van der Waals surface area contributed by atoms with Crippen molar-refractivity contribution in [3.63, 3.8) is 0 Å². The molecular formula is C22H25N3O2S. The molecule has 0 radical (unpaired) electrons. The van der Waals surface area contributed by atoms with Crippen LogP contribution in [0.15, 0.2) is 59.8 Å². The van der Waals surface area contributed by atoms with Crippen LogP contribution in [0, 0.1) is 6.92 Å². The average molecular weight is 396 g/mol. The molecule has 2 aromatic carbocycles. The molecule has 0 unspecified atom stereocenters. The number of carbonyl (C=O) groups excluding carboxylic acids is 1. The van der Waals surface area contributed by atoms with Gasteiger partial charge in [0.1, 0.15) is 5.75 Å². The Labute approximate surface area is 169 Å². The van der Waals surface area contributed by atoms with E-state index >= 15 is 0 Å². The summed E-state index contributed by atoms with van der Waals surface area (Å²) in [6.45, 7) is 4.40. The number of aryl methyl sites for hydroxylation is 1. The summed E-state index contributed by atoms with van der Waals surface area (Å²) in [6.07, 6.45) is 0.780. The zero-order valence-corrected chi connectivity index (χ0v) is 17.2. The summed E-state index contributed by atoms with van der Waals surface area (Å²) in [7, 11) is 1.64. The number of rotatable bonds is 8. The highest BCUT2D eigenvalue weighted by molar-refractivity contribution is 8.00. The van der Waals surface area contributed by atoms with Crippen molar-refractivity contribution in [2.75, 3.05) is 7.11 Å². The number of ether oxygens (including phenoxy) is 1. The molecule has 28 heavy (non-hydrogen) atoms. The summed E-state index contributed by atoms with van der Waals surface area (Å²) in [4.78, 5) is 20.4. The molecule has 0 aliphatic carbocycles. The van der Waals surface area contributed by atoms with Crippen LogP contribution in [0.5, 0.6) is 5.75 Å².